The molecule has 4 rings (SSSR count). The van der Waals surface area contributed by atoms with Crippen LogP contribution in [0.1, 0.15) is 63.9 Å². The summed E-state index contributed by atoms with van der Waals surface area (Å²) in [6.45, 7) is 14.0. The fourth-order valence-electron chi connectivity index (χ4n) is 3.24. The minimum Gasteiger partial charge on any atom is -0.259 e. The zero-order valence-corrected chi connectivity index (χ0v) is 16.7. The number of hydrogen-bond donors (Lipinski definition) is 0. The van der Waals surface area contributed by atoms with E-state index in [1.165, 1.54) is 16.7 Å². The standard InChI is InChI=1S/2C11H14N2/c1-11(2,3)8-4-6-12-9-5-7-13-10(8)9;1-11(2,3)9-6-4-5-8-7-12-13-10(8)9/h4,6-7H,5H2,1-3H3;4-6H,7H2,1-3H3. The highest BCUT2D eigenvalue weighted by molar-refractivity contribution is 5.76. The Balaban J connectivity index is 0.000000151. The van der Waals surface area contributed by atoms with Gasteiger partial charge in [0.1, 0.15) is 0 Å². The molecule has 3 heterocycles. The minimum absolute atomic E-state index is 0.161. The molecule has 4 nitrogen and oxygen atoms in total. The minimum atomic E-state index is 0.161. The Hall–Kier alpha value is -2.36. The van der Waals surface area contributed by atoms with E-state index >= 15 is 0 Å². The molecule has 2 aliphatic rings. The van der Waals surface area contributed by atoms with Crippen molar-refractivity contribution in [2.24, 2.45) is 15.2 Å². The monoisotopic (exact) mass is 348 g/mol. The van der Waals surface area contributed by atoms with Crippen molar-refractivity contribution >= 4 is 17.6 Å². The van der Waals surface area contributed by atoms with Gasteiger partial charge in [0.15, 0.2) is 0 Å². The summed E-state index contributed by atoms with van der Waals surface area (Å²) in [6, 6.07) is 8.41. The van der Waals surface area contributed by atoms with Gasteiger partial charge in [0.05, 0.1) is 23.6 Å². The lowest BCUT2D eigenvalue weighted by Crippen LogP contribution is -2.11. The number of aromatic nitrogens is 1. The van der Waals surface area contributed by atoms with E-state index in [1.807, 2.05) is 12.4 Å². The van der Waals surface area contributed by atoms with Gasteiger partial charge < -0.3 is 0 Å². The summed E-state index contributed by atoms with van der Waals surface area (Å²) in [5, 5.41) is 8.24. The molecule has 136 valence electrons. The second-order valence-corrected chi connectivity index (χ2v) is 8.88. The zero-order chi connectivity index (χ0) is 18.9. The lowest BCUT2D eigenvalue weighted by Gasteiger charge is -2.20. The molecular formula is C22H28N4. The number of hydrogen-bond acceptors (Lipinski definition) is 4. The average Bonchev–Trinajstić information content (AvgIpc) is 3.21. The van der Waals surface area contributed by atoms with Crippen LogP contribution in [0.25, 0.3) is 0 Å². The smallest absolute Gasteiger partial charge is 0.0941 e. The first-order chi connectivity index (χ1) is 12.2. The molecule has 2 aliphatic heterocycles. The van der Waals surface area contributed by atoms with Gasteiger partial charge in [-0.1, -0.05) is 59.7 Å². The fourth-order valence-corrected chi connectivity index (χ4v) is 3.24. The van der Waals surface area contributed by atoms with Gasteiger partial charge >= 0.3 is 0 Å². The number of azo groups is 1. The molecule has 0 atom stereocenters. The summed E-state index contributed by atoms with van der Waals surface area (Å²) in [6.07, 6.45) is 4.71. The topological polar surface area (TPSA) is 50.0 Å². The molecule has 0 fully saturated rings. The van der Waals surface area contributed by atoms with E-state index in [2.05, 4.69) is 86.0 Å². The Morgan fingerprint density at radius 2 is 1.54 bits per heavy atom. The lowest BCUT2D eigenvalue weighted by atomic mass is 9.85. The van der Waals surface area contributed by atoms with Crippen molar-refractivity contribution in [1.29, 1.82) is 0 Å². The second kappa shape index (κ2) is 6.75. The van der Waals surface area contributed by atoms with Gasteiger partial charge in [-0.2, -0.15) is 10.2 Å². The summed E-state index contributed by atoms with van der Waals surface area (Å²) in [5.74, 6) is 0. The third-order valence-corrected chi connectivity index (χ3v) is 4.65. The van der Waals surface area contributed by atoms with Crippen LogP contribution in [-0.2, 0) is 23.8 Å². The van der Waals surface area contributed by atoms with Crippen molar-refractivity contribution in [2.75, 3.05) is 0 Å². The quantitative estimate of drug-likeness (QED) is 0.557. The Labute approximate surface area is 156 Å². The zero-order valence-electron chi connectivity index (χ0n) is 16.7. The Morgan fingerprint density at radius 1 is 0.846 bits per heavy atom. The van der Waals surface area contributed by atoms with Crippen LogP contribution in [0, 0.1) is 0 Å². The van der Waals surface area contributed by atoms with Crippen molar-refractivity contribution < 1.29 is 0 Å². The average molecular weight is 348 g/mol. The number of benzene rings is 1. The molecule has 0 saturated heterocycles. The molecule has 0 spiro atoms. The van der Waals surface area contributed by atoms with Gasteiger partial charge in [0.25, 0.3) is 0 Å². The number of aliphatic imine (C=N–C) groups is 1. The van der Waals surface area contributed by atoms with Crippen LogP contribution >= 0.6 is 0 Å². The Bertz CT molecular complexity index is 791. The van der Waals surface area contributed by atoms with Crippen molar-refractivity contribution in [3.63, 3.8) is 0 Å². The highest BCUT2D eigenvalue weighted by atomic mass is 15.1. The van der Waals surface area contributed by atoms with E-state index in [-0.39, 0.29) is 10.8 Å². The van der Waals surface area contributed by atoms with Crippen LogP contribution in [0.2, 0.25) is 0 Å². The van der Waals surface area contributed by atoms with Crippen LogP contribution in [-0.4, -0.2) is 11.2 Å². The fraction of sp³-hybridized carbons (Fsp3) is 0.455. The normalized spacial score (nSPS) is 14.7. The van der Waals surface area contributed by atoms with Gasteiger partial charge in [-0.25, -0.2) is 0 Å². The van der Waals surface area contributed by atoms with Gasteiger partial charge in [-0.05, 0) is 28.0 Å². The van der Waals surface area contributed by atoms with Crippen molar-refractivity contribution in [3.8, 4) is 0 Å². The van der Waals surface area contributed by atoms with E-state index in [9.17, 15) is 0 Å². The highest BCUT2D eigenvalue weighted by Gasteiger charge is 2.22. The summed E-state index contributed by atoms with van der Waals surface area (Å²) >= 11 is 0. The third kappa shape index (κ3) is 3.74. The van der Waals surface area contributed by atoms with Crippen LogP contribution in [0.15, 0.2) is 45.7 Å². The summed E-state index contributed by atoms with van der Waals surface area (Å²) in [7, 11) is 0. The molecule has 2 aromatic rings. The number of rotatable bonds is 0. The van der Waals surface area contributed by atoms with Crippen molar-refractivity contribution in [1.82, 2.24) is 4.98 Å². The number of pyridine rings is 1. The van der Waals surface area contributed by atoms with Gasteiger partial charge in [-0.3, -0.25) is 9.98 Å². The van der Waals surface area contributed by atoms with Gasteiger partial charge in [0.2, 0.25) is 0 Å². The SMILES string of the molecule is CC(C)(C)c1cccc2c1N=NC2.CC(C)(C)c1ccnc2c1N=CC2. The van der Waals surface area contributed by atoms with Crippen molar-refractivity contribution in [2.45, 2.75) is 65.3 Å². The highest BCUT2D eigenvalue weighted by Crippen LogP contribution is 2.37. The maximum absolute atomic E-state index is 4.38. The molecule has 0 aliphatic carbocycles. The van der Waals surface area contributed by atoms with E-state index in [0.717, 1.165) is 30.0 Å². The molecule has 1 aromatic carbocycles. The van der Waals surface area contributed by atoms with Crippen molar-refractivity contribution in [3.05, 3.63) is 52.8 Å². The molecule has 0 radical (unpaired) electrons. The van der Waals surface area contributed by atoms with Gasteiger partial charge in [0, 0.05) is 24.4 Å². The third-order valence-electron chi connectivity index (χ3n) is 4.65. The van der Waals surface area contributed by atoms with Crippen LogP contribution in [0.5, 0.6) is 0 Å². The van der Waals surface area contributed by atoms with E-state index in [0.29, 0.717) is 0 Å². The first-order valence-corrected chi connectivity index (χ1v) is 9.18. The number of nitrogens with zero attached hydrogens (tertiary/aromatic N) is 4. The largest absolute Gasteiger partial charge is 0.259 e. The molecule has 0 amide bonds. The first-order valence-electron chi connectivity index (χ1n) is 9.18. The summed E-state index contributed by atoms with van der Waals surface area (Å²) in [4.78, 5) is 8.69. The molecule has 0 bridgehead atoms. The van der Waals surface area contributed by atoms with Gasteiger partial charge in [-0.15, -0.1) is 0 Å². The lowest BCUT2D eigenvalue weighted by molar-refractivity contribution is 0.590. The first kappa shape index (κ1) is 18.4. The number of fused-ring (bicyclic) bond motifs is 2. The maximum atomic E-state index is 4.38. The Morgan fingerprint density at radius 3 is 2.23 bits per heavy atom. The van der Waals surface area contributed by atoms with E-state index in [4.69, 9.17) is 0 Å². The Kier molecular flexibility index (Phi) is 4.78. The predicted molar refractivity (Wildman–Crippen MR) is 108 cm³/mol. The van der Waals surface area contributed by atoms with E-state index < -0.39 is 0 Å². The summed E-state index contributed by atoms with van der Waals surface area (Å²) in [5.41, 5.74) is 7.48. The molecular weight excluding hydrogens is 320 g/mol. The summed E-state index contributed by atoms with van der Waals surface area (Å²) < 4.78 is 0. The molecule has 0 unspecified atom stereocenters. The van der Waals surface area contributed by atoms with Crippen LogP contribution in [0.3, 0.4) is 0 Å². The van der Waals surface area contributed by atoms with E-state index in [1.54, 1.807) is 0 Å². The molecule has 0 N–H and O–H groups in total. The molecule has 26 heavy (non-hydrogen) atoms. The maximum Gasteiger partial charge on any atom is 0.0941 e. The predicted octanol–water partition coefficient (Wildman–Crippen LogP) is 6.22. The second-order valence-electron chi connectivity index (χ2n) is 8.88. The molecule has 1 aromatic heterocycles. The van der Waals surface area contributed by atoms with Crippen LogP contribution < -0.4 is 0 Å². The van der Waals surface area contributed by atoms with Crippen LogP contribution in [0.4, 0.5) is 11.4 Å². The molecule has 0 saturated carbocycles. The molecule has 4 heteroatoms.